The smallest absolute Gasteiger partial charge is 0.154 e. The Balaban J connectivity index is -0.0000000857. The fourth-order valence-corrected chi connectivity index (χ4v) is 13.9. The summed E-state index contributed by atoms with van der Waals surface area (Å²) in [5, 5.41) is 0.936. The van der Waals surface area contributed by atoms with Crippen LogP contribution in [-0.2, 0) is 33.2 Å². The molecule has 3 aliphatic carbocycles. The van der Waals surface area contributed by atoms with Crippen molar-refractivity contribution in [3.8, 4) is 0 Å². The van der Waals surface area contributed by atoms with Gasteiger partial charge in [-0.3, -0.25) is 0 Å². The molecule has 7 saturated heterocycles. The van der Waals surface area contributed by atoms with Crippen LogP contribution in [0.3, 0.4) is 0 Å². The molecular weight excluding hydrogens is 1190 g/mol. The fourth-order valence-electron chi connectivity index (χ4n) is 9.45. The third-order valence-electron chi connectivity index (χ3n) is 16.2. The molecule has 7 nitrogen and oxygen atoms in total. The molecule has 10 atom stereocenters. The van der Waals surface area contributed by atoms with Gasteiger partial charge in [-0.2, -0.15) is 11.8 Å². The molecule has 10 rings (SSSR count). The molecule has 0 aromatic rings. The molecule has 558 valence electrons. The summed E-state index contributed by atoms with van der Waals surface area (Å²) in [6.07, 6.45) is 27.9. The highest BCUT2D eigenvalue weighted by Gasteiger charge is 2.19. The quantitative estimate of drug-likeness (QED) is 0.218. The molecule has 7 aliphatic heterocycles. The summed E-state index contributed by atoms with van der Waals surface area (Å²) in [5.74, 6) is 14.8. The van der Waals surface area contributed by atoms with Crippen molar-refractivity contribution in [3.05, 3.63) is 23.3 Å². The van der Waals surface area contributed by atoms with Crippen molar-refractivity contribution in [2.24, 2.45) is 65.1 Å². The largest absolute Gasteiger partial charge is 0.378 e. The van der Waals surface area contributed by atoms with Gasteiger partial charge < -0.3 is 33.2 Å². The van der Waals surface area contributed by atoms with Crippen LogP contribution in [0.4, 0.5) is 0 Å². The van der Waals surface area contributed by atoms with Crippen molar-refractivity contribution >= 4 is 47.0 Å². The van der Waals surface area contributed by atoms with Crippen LogP contribution in [0.1, 0.15) is 317 Å². The lowest BCUT2D eigenvalue weighted by molar-refractivity contribution is -0.187. The van der Waals surface area contributed by atoms with Crippen molar-refractivity contribution in [1.82, 2.24) is 0 Å². The number of hydrogen-bond acceptors (Lipinski definition) is 11. The summed E-state index contributed by atoms with van der Waals surface area (Å²) in [5.41, 5.74) is 3.61. The predicted molar refractivity (Wildman–Crippen MR) is 429 cm³/mol. The summed E-state index contributed by atoms with van der Waals surface area (Å²) >= 11 is 8.21. The number of hydrogen-bond donors (Lipinski definition) is 0. The standard InChI is InChI=1S/C8H16.2C8H14.2C7H14O.C7H14S.2C6H12O2.C6H12OS.C6H12S2.10CH4.H2/c3*1-7-3-5-8(2)6-4-7;3*1-6-3-4-7(2)8-5-6;4*1-5-3-7-6(2)8-4-5;;;;;;;;;;;/h7-8H,3-6H2,1-2H3;2*3,8H,4-6H2,1-2H3;3*6-7H,3-5H2,1-2H3;4*5-6H,3-4H2,1-2H3;10*1H4;1H. The maximum atomic E-state index is 5.39. The zero-order chi connectivity index (χ0) is 59.8. The maximum Gasteiger partial charge on any atom is 0.154 e. The van der Waals surface area contributed by atoms with E-state index in [1.54, 1.807) is 11.1 Å². The van der Waals surface area contributed by atoms with Gasteiger partial charge in [-0.1, -0.05) is 206 Å². The summed E-state index contributed by atoms with van der Waals surface area (Å²) < 4.78 is 37.7. The number of thioether (sulfide) groups is 4. The Morgan fingerprint density at radius 1 is 0.289 bits per heavy atom. The van der Waals surface area contributed by atoms with E-state index in [1.807, 2.05) is 25.6 Å². The van der Waals surface area contributed by atoms with Crippen molar-refractivity contribution in [3.63, 3.8) is 0 Å². The highest BCUT2D eigenvalue weighted by Crippen LogP contribution is 2.33. The Kier molecular flexibility index (Phi) is 86.5. The van der Waals surface area contributed by atoms with Crippen LogP contribution in [0.25, 0.3) is 0 Å². The van der Waals surface area contributed by atoms with Crippen LogP contribution in [-0.4, -0.2) is 109 Å². The number of rotatable bonds is 0. The minimum Gasteiger partial charge on any atom is -0.378 e. The third-order valence-corrected chi connectivity index (χ3v) is 22.4. The molecule has 0 spiro atoms. The highest BCUT2D eigenvalue weighted by molar-refractivity contribution is 8.17. The van der Waals surface area contributed by atoms with Crippen LogP contribution in [0.2, 0.25) is 0 Å². The SMILES string of the molecule is C.C.C.C.C.C.C.C.C.C.CC1=CCC(C)CC1.CC1=CCC(C)CC1.CC1CCC(C)CC1.CC1CCC(C)OC1.CC1CCC(C)OC1.CC1CCC(C)SC1.CC1COC(C)OC1.CC1COC(C)OC1.CC1COC(C)SC1.CC1CSC(C)SC1.[HH]. The highest BCUT2D eigenvalue weighted by atomic mass is 32.2. The van der Waals surface area contributed by atoms with Gasteiger partial charge in [-0.05, 0) is 203 Å². The Morgan fingerprint density at radius 2 is 0.600 bits per heavy atom. The van der Waals surface area contributed by atoms with Gasteiger partial charge in [-0.15, -0.1) is 35.3 Å². The van der Waals surface area contributed by atoms with Gasteiger partial charge in [0.05, 0.1) is 50.7 Å². The zero-order valence-electron chi connectivity index (χ0n) is 56.1. The molecule has 0 aromatic heterocycles. The van der Waals surface area contributed by atoms with Crippen LogP contribution < -0.4 is 0 Å². The lowest BCUT2D eigenvalue weighted by atomic mass is 9.84. The summed E-state index contributed by atoms with van der Waals surface area (Å²) in [4.78, 5) is 0. The van der Waals surface area contributed by atoms with Gasteiger partial charge in [-0.25, -0.2) is 0 Å². The molecule has 0 aromatic carbocycles. The second-order valence-corrected chi connectivity index (χ2v) is 32.9. The molecule has 0 N–H and O–H groups in total. The molecule has 0 bridgehead atoms. The van der Waals surface area contributed by atoms with E-state index in [-0.39, 0.29) is 88.3 Å². The van der Waals surface area contributed by atoms with Crippen LogP contribution in [0.5, 0.6) is 0 Å². The van der Waals surface area contributed by atoms with Crippen LogP contribution in [0.15, 0.2) is 23.3 Å². The molecule has 10 aliphatic rings. The van der Waals surface area contributed by atoms with Gasteiger partial charge in [0, 0.05) is 42.1 Å². The monoisotopic (exact) mass is 1370 g/mol. The molecule has 1 saturated carbocycles. The molecule has 0 radical (unpaired) electrons. The summed E-state index contributed by atoms with van der Waals surface area (Å²) in [7, 11) is 0. The first kappa shape index (κ1) is 112. The van der Waals surface area contributed by atoms with Gasteiger partial charge >= 0.3 is 0 Å². The molecular formula is C79H176O7S4. The summed E-state index contributed by atoms with van der Waals surface area (Å²) in [6, 6.07) is 0. The van der Waals surface area contributed by atoms with Crippen molar-refractivity contribution < 1.29 is 34.6 Å². The van der Waals surface area contributed by atoms with E-state index >= 15 is 0 Å². The first-order valence-electron chi connectivity index (χ1n) is 33.0. The lowest BCUT2D eigenvalue weighted by Crippen LogP contribution is -2.27. The molecule has 10 unspecified atom stereocenters. The molecule has 0 amide bonds. The Bertz CT molecular complexity index is 1100. The minimum atomic E-state index is 0. The average Bonchev–Trinajstić information content (AvgIpc) is 3.44. The van der Waals surface area contributed by atoms with E-state index in [0.717, 1.165) is 109 Å². The maximum absolute atomic E-state index is 5.39. The zero-order valence-corrected chi connectivity index (χ0v) is 59.4. The van der Waals surface area contributed by atoms with Gasteiger partial charge in [0.2, 0.25) is 0 Å². The van der Waals surface area contributed by atoms with Gasteiger partial charge in [0.1, 0.15) is 0 Å². The fraction of sp³-hybridized carbons (Fsp3) is 0.949. The van der Waals surface area contributed by atoms with E-state index < -0.39 is 0 Å². The first-order chi connectivity index (χ1) is 37.9. The molecule has 7 heterocycles. The topological polar surface area (TPSA) is 64.6 Å². The molecule has 8 fully saturated rings. The van der Waals surface area contributed by atoms with E-state index in [2.05, 4.69) is 172 Å². The van der Waals surface area contributed by atoms with Crippen molar-refractivity contribution in [1.29, 1.82) is 0 Å². The number of ether oxygens (including phenoxy) is 7. The van der Waals surface area contributed by atoms with E-state index in [4.69, 9.17) is 33.2 Å². The van der Waals surface area contributed by atoms with Gasteiger partial charge in [0.15, 0.2) is 12.6 Å². The summed E-state index contributed by atoms with van der Waals surface area (Å²) in [6.45, 7) is 50.6. The Hall–Kier alpha value is 0.600. The second kappa shape index (κ2) is 69.5. The van der Waals surface area contributed by atoms with E-state index in [9.17, 15) is 0 Å². The van der Waals surface area contributed by atoms with E-state index in [0.29, 0.717) is 29.5 Å². The Morgan fingerprint density at radius 3 is 0.822 bits per heavy atom. The minimum absolute atomic E-state index is 0. The van der Waals surface area contributed by atoms with Crippen molar-refractivity contribution in [2.45, 2.75) is 356 Å². The third kappa shape index (κ3) is 67.2. The first-order valence-corrected chi connectivity index (χ1v) is 37.2. The normalized spacial score (nSPS) is 33.6. The average molecular weight is 1370 g/mol. The lowest BCUT2D eigenvalue weighted by Gasteiger charge is -2.24. The predicted octanol–water partition coefficient (Wildman–Crippen LogP) is 27.3. The van der Waals surface area contributed by atoms with E-state index in [1.165, 1.54) is 126 Å². The Labute approximate surface area is 591 Å². The van der Waals surface area contributed by atoms with Gasteiger partial charge in [0.25, 0.3) is 0 Å². The van der Waals surface area contributed by atoms with Crippen molar-refractivity contribution in [2.75, 3.05) is 69.3 Å². The van der Waals surface area contributed by atoms with Crippen LogP contribution in [0, 0.1) is 65.1 Å². The molecule has 11 heteroatoms. The molecule has 90 heavy (non-hydrogen) atoms. The number of allylic oxidation sites excluding steroid dienone is 4. The van der Waals surface area contributed by atoms with Crippen LogP contribution >= 0.6 is 47.0 Å². The second-order valence-electron chi connectivity index (χ2n) is 27.1.